The fraction of sp³-hybridized carbons (Fsp3) is 0.625. The van der Waals surface area contributed by atoms with Crippen LogP contribution in [-0.2, 0) is 9.53 Å². The molecule has 1 unspecified atom stereocenters. The lowest BCUT2D eigenvalue weighted by Gasteiger charge is -2.34. The van der Waals surface area contributed by atoms with Gasteiger partial charge in [0.25, 0.3) is 0 Å². The van der Waals surface area contributed by atoms with Crippen molar-refractivity contribution in [3.05, 3.63) is 11.6 Å². The molecule has 1 heterocycles. The van der Waals surface area contributed by atoms with Gasteiger partial charge in [-0.3, -0.25) is 13.9 Å². The summed E-state index contributed by atoms with van der Waals surface area (Å²) in [6.45, 7) is 3.19. The van der Waals surface area contributed by atoms with Crippen LogP contribution in [0.1, 0.15) is 13.8 Å². The lowest BCUT2D eigenvalue weighted by molar-refractivity contribution is -0.140. The lowest BCUT2D eigenvalue weighted by atomic mass is 10.2. The molecule has 1 aliphatic heterocycles. The molecule has 5 heteroatoms. The number of hydrogen-bond acceptors (Lipinski definition) is 4. The molecule has 76 valence electrons. The fourth-order valence-corrected chi connectivity index (χ4v) is 2.95. The molecule has 4 nitrogen and oxygen atoms in total. The number of esters is 1. The second-order valence-corrected chi connectivity index (χ2v) is 5.46. The Bertz CT molecular complexity index is 247. The van der Waals surface area contributed by atoms with E-state index in [9.17, 15) is 13.9 Å². The molecule has 0 aromatic rings. The van der Waals surface area contributed by atoms with E-state index in [-0.39, 0.29) is 12.4 Å². The third-order valence-electron chi connectivity index (χ3n) is 2.05. The first kappa shape index (κ1) is 10.6. The zero-order chi connectivity index (χ0) is 10.1. The van der Waals surface area contributed by atoms with Crippen LogP contribution in [0.4, 0.5) is 0 Å². The monoisotopic (exact) mass is 206 g/mol. The Morgan fingerprint density at radius 2 is 2.38 bits per heavy atom. The van der Waals surface area contributed by atoms with E-state index >= 15 is 0 Å². The van der Waals surface area contributed by atoms with Gasteiger partial charge in [-0.15, -0.1) is 0 Å². The molecule has 0 saturated carbocycles. The molecule has 0 amide bonds. The van der Waals surface area contributed by atoms with Crippen molar-refractivity contribution in [3.63, 3.8) is 0 Å². The van der Waals surface area contributed by atoms with Gasteiger partial charge < -0.3 is 4.74 Å². The highest BCUT2D eigenvalue weighted by Crippen LogP contribution is 2.51. The van der Waals surface area contributed by atoms with E-state index in [1.165, 1.54) is 6.92 Å². The number of ether oxygens (including phenoxy) is 1. The molecule has 1 atom stereocenters. The Balaban J connectivity index is 2.56. The summed E-state index contributed by atoms with van der Waals surface area (Å²) < 4.78 is 23.8. The Morgan fingerprint density at radius 1 is 1.77 bits per heavy atom. The highest BCUT2D eigenvalue weighted by Gasteiger charge is 2.32. The van der Waals surface area contributed by atoms with Crippen LogP contribution in [0, 0.1) is 0 Å². The predicted octanol–water partition coefficient (Wildman–Crippen LogP) is 1.63. The third-order valence-corrected chi connectivity index (χ3v) is 4.13. The Kier molecular flexibility index (Phi) is 3.00. The summed E-state index contributed by atoms with van der Waals surface area (Å²) >= 11 is 0. The van der Waals surface area contributed by atoms with Crippen molar-refractivity contribution in [2.75, 3.05) is 12.4 Å². The zero-order valence-corrected chi connectivity index (χ0v) is 8.50. The average molecular weight is 206 g/mol. The predicted molar refractivity (Wildman–Crippen MR) is 51.9 cm³/mol. The number of rotatable bonds is 2. The van der Waals surface area contributed by atoms with Gasteiger partial charge in [-0.05, 0) is 6.92 Å². The quantitative estimate of drug-likeness (QED) is 0.532. The first-order valence-electron chi connectivity index (χ1n) is 3.98. The summed E-state index contributed by atoms with van der Waals surface area (Å²) in [7, 11) is -2.60. The van der Waals surface area contributed by atoms with Gasteiger partial charge in [0, 0.05) is 6.92 Å². The summed E-state index contributed by atoms with van der Waals surface area (Å²) in [5.74, 6) is -0.111. The molecule has 2 N–H and O–H groups in total. The summed E-state index contributed by atoms with van der Waals surface area (Å²) in [4.78, 5) is 10.5. The van der Waals surface area contributed by atoms with E-state index < -0.39 is 21.8 Å². The lowest BCUT2D eigenvalue weighted by Crippen LogP contribution is -2.23. The SMILES string of the molecule is CC(=O)OCC1C(C)=CCS1(O)O. The standard InChI is InChI=1S/C8H14O4S/c1-6-3-4-13(10,11)8(6)5-12-7(2)9/h3,8,10-11H,4-5H2,1-2H3. The van der Waals surface area contributed by atoms with Crippen molar-refractivity contribution in [3.8, 4) is 0 Å². The van der Waals surface area contributed by atoms with Gasteiger partial charge in [-0.25, -0.2) is 0 Å². The van der Waals surface area contributed by atoms with Gasteiger partial charge in [-0.1, -0.05) is 11.6 Å². The van der Waals surface area contributed by atoms with E-state index in [1.54, 1.807) is 6.08 Å². The number of carbonyl (C=O) groups excluding carboxylic acids is 1. The molecule has 0 fully saturated rings. The second-order valence-electron chi connectivity index (χ2n) is 3.12. The molecule has 0 bridgehead atoms. The van der Waals surface area contributed by atoms with Crippen LogP contribution in [0.5, 0.6) is 0 Å². The molecule has 0 saturated heterocycles. The maximum absolute atomic E-state index is 10.5. The largest absolute Gasteiger partial charge is 0.464 e. The summed E-state index contributed by atoms with van der Waals surface area (Å²) in [5, 5.41) is -0.406. The second kappa shape index (κ2) is 3.69. The van der Waals surface area contributed by atoms with Crippen molar-refractivity contribution in [1.29, 1.82) is 0 Å². The summed E-state index contributed by atoms with van der Waals surface area (Å²) in [6, 6.07) is 0. The van der Waals surface area contributed by atoms with Crippen molar-refractivity contribution in [2.45, 2.75) is 19.1 Å². The van der Waals surface area contributed by atoms with Gasteiger partial charge in [0.2, 0.25) is 0 Å². The van der Waals surface area contributed by atoms with Crippen LogP contribution < -0.4 is 0 Å². The Hall–Kier alpha value is -0.520. The summed E-state index contributed by atoms with van der Waals surface area (Å²) in [6.07, 6.45) is 1.78. The van der Waals surface area contributed by atoms with E-state index in [0.29, 0.717) is 0 Å². The van der Waals surface area contributed by atoms with Crippen LogP contribution in [0.3, 0.4) is 0 Å². The van der Waals surface area contributed by atoms with Crippen LogP contribution in [0.2, 0.25) is 0 Å². The fourth-order valence-electron chi connectivity index (χ4n) is 1.23. The van der Waals surface area contributed by atoms with Crippen molar-refractivity contribution in [2.24, 2.45) is 0 Å². The Labute approximate surface area is 78.9 Å². The minimum atomic E-state index is -2.60. The summed E-state index contributed by atoms with van der Waals surface area (Å²) in [5.41, 5.74) is 0.890. The first-order valence-corrected chi connectivity index (χ1v) is 5.76. The van der Waals surface area contributed by atoms with Gasteiger partial charge in [-0.2, -0.15) is 10.6 Å². The van der Waals surface area contributed by atoms with Crippen LogP contribution in [0.15, 0.2) is 11.6 Å². The molecule has 0 aromatic carbocycles. The molecule has 1 rings (SSSR count). The maximum atomic E-state index is 10.5. The minimum Gasteiger partial charge on any atom is -0.464 e. The van der Waals surface area contributed by atoms with Crippen LogP contribution in [0.25, 0.3) is 0 Å². The highest BCUT2D eigenvalue weighted by atomic mass is 32.3. The molecule has 13 heavy (non-hydrogen) atoms. The van der Waals surface area contributed by atoms with Gasteiger partial charge >= 0.3 is 5.97 Å². The molecule has 0 spiro atoms. The topological polar surface area (TPSA) is 66.8 Å². The number of carbonyl (C=O) groups is 1. The smallest absolute Gasteiger partial charge is 0.302 e. The van der Waals surface area contributed by atoms with Gasteiger partial charge in [0.15, 0.2) is 0 Å². The maximum Gasteiger partial charge on any atom is 0.302 e. The molecule has 0 aliphatic carbocycles. The molecular weight excluding hydrogens is 192 g/mol. The molecular formula is C8H14O4S. The Morgan fingerprint density at radius 3 is 2.77 bits per heavy atom. The van der Waals surface area contributed by atoms with E-state index in [0.717, 1.165) is 5.57 Å². The average Bonchev–Trinajstić information content (AvgIpc) is 2.23. The van der Waals surface area contributed by atoms with Crippen LogP contribution >= 0.6 is 10.6 Å². The van der Waals surface area contributed by atoms with E-state index in [2.05, 4.69) is 0 Å². The molecule has 0 radical (unpaired) electrons. The molecule has 0 aromatic heterocycles. The number of hydrogen-bond donors (Lipinski definition) is 2. The van der Waals surface area contributed by atoms with E-state index in [4.69, 9.17) is 4.74 Å². The van der Waals surface area contributed by atoms with Gasteiger partial charge in [0.1, 0.15) is 11.9 Å². The van der Waals surface area contributed by atoms with Gasteiger partial charge in [0.05, 0.1) is 5.75 Å². The normalized spacial score (nSPS) is 28.0. The van der Waals surface area contributed by atoms with E-state index in [1.807, 2.05) is 6.92 Å². The van der Waals surface area contributed by atoms with Crippen molar-refractivity contribution in [1.82, 2.24) is 0 Å². The van der Waals surface area contributed by atoms with Crippen LogP contribution in [-0.4, -0.2) is 32.7 Å². The first-order chi connectivity index (χ1) is 5.93. The highest BCUT2D eigenvalue weighted by molar-refractivity contribution is 8.25. The zero-order valence-electron chi connectivity index (χ0n) is 7.69. The third kappa shape index (κ3) is 2.46. The van der Waals surface area contributed by atoms with Crippen molar-refractivity contribution < 1.29 is 18.6 Å². The molecule has 1 aliphatic rings. The minimum absolute atomic E-state index is 0.0694. The van der Waals surface area contributed by atoms with Crippen molar-refractivity contribution >= 4 is 16.6 Å².